The second-order valence-corrected chi connectivity index (χ2v) is 5.06. The molecule has 0 spiro atoms. The molecular weight excluding hydrogens is 272 g/mol. The Labute approximate surface area is 121 Å². The highest BCUT2D eigenvalue weighted by Crippen LogP contribution is 2.30. The highest BCUT2D eigenvalue weighted by molar-refractivity contribution is 5.92. The van der Waals surface area contributed by atoms with Gasteiger partial charge in [0.15, 0.2) is 0 Å². The first-order valence-electron chi connectivity index (χ1n) is 6.82. The summed E-state index contributed by atoms with van der Waals surface area (Å²) < 4.78 is 10.5. The van der Waals surface area contributed by atoms with Gasteiger partial charge < -0.3 is 19.7 Å². The van der Waals surface area contributed by atoms with E-state index in [2.05, 4.69) is 10.5 Å². The van der Waals surface area contributed by atoms with Crippen molar-refractivity contribution in [2.75, 3.05) is 13.2 Å². The van der Waals surface area contributed by atoms with E-state index >= 15 is 0 Å². The fourth-order valence-electron chi connectivity index (χ4n) is 2.19. The minimum Gasteiger partial charge on any atom is -0.493 e. The second-order valence-electron chi connectivity index (χ2n) is 5.06. The number of aliphatic hydroxyl groups excluding tert-OH is 1. The molecule has 0 bridgehead atoms. The number of aliphatic hydroxyl groups is 1. The minimum atomic E-state index is -0.604. The van der Waals surface area contributed by atoms with Gasteiger partial charge in [0.2, 0.25) is 5.76 Å². The lowest BCUT2D eigenvalue weighted by atomic mass is 10.1. The van der Waals surface area contributed by atoms with Gasteiger partial charge in [-0.15, -0.1) is 0 Å². The number of nitrogens with zero attached hydrogens (tertiary/aromatic N) is 1. The number of hydrogen-bond donors (Lipinski definition) is 2. The summed E-state index contributed by atoms with van der Waals surface area (Å²) in [5.74, 6) is 0.638. The zero-order valence-electron chi connectivity index (χ0n) is 11.6. The zero-order chi connectivity index (χ0) is 14.8. The Morgan fingerprint density at radius 1 is 1.48 bits per heavy atom. The summed E-state index contributed by atoms with van der Waals surface area (Å²) in [6, 6.07) is 7.38. The van der Waals surface area contributed by atoms with E-state index in [9.17, 15) is 4.79 Å². The van der Waals surface area contributed by atoms with E-state index in [1.54, 1.807) is 13.0 Å². The molecule has 1 aromatic heterocycles. The van der Waals surface area contributed by atoms with E-state index in [0.29, 0.717) is 12.3 Å². The van der Waals surface area contributed by atoms with Crippen LogP contribution in [0.5, 0.6) is 5.75 Å². The van der Waals surface area contributed by atoms with Crippen LogP contribution >= 0.6 is 0 Å². The molecule has 2 heterocycles. The predicted octanol–water partition coefficient (Wildman–Crippen LogP) is 1.39. The summed E-state index contributed by atoms with van der Waals surface area (Å²) in [4.78, 5) is 11.8. The monoisotopic (exact) mass is 288 g/mol. The number of carbonyl (C=O) groups is 1. The van der Waals surface area contributed by atoms with Gasteiger partial charge >= 0.3 is 0 Å². The Bertz CT molecular complexity index is 663. The van der Waals surface area contributed by atoms with Crippen LogP contribution in [-0.2, 0) is 6.42 Å². The van der Waals surface area contributed by atoms with Crippen LogP contribution in [0.1, 0.15) is 23.0 Å². The third-order valence-electron chi connectivity index (χ3n) is 3.28. The Hall–Kier alpha value is -2.34. The summed E-state index contributed by atoms with van der Waals surface area (Å²) in [5, 5.41) is 15.6. The summed E-state index contributed by atoms with van der Waals surface area (Å²) >= 11 is 0. The van der Waals surface area contributed by atoms with Crippen LogP contribution < -0.4 is 10.1 Å². The molecule has 1 unspecified atom stereocenters. The molecule has 0 saturated carbocycles. The molecule has 0 aliphatic carbocycles. The maximum absolute atomic E-state index is 11.8. The van der Waals surface area contributed by atoms with E-state index in [4.69, 9.17) is 14.4 Å². The van der Waals surface area contributed by atoms with E-state index in [1.165, 1.54) is 0 Å². The fourth-order valence-corrected chi connectivity index (χ4v) is 2.19. The summed E-state index contributed by atoms with van der Waals surface area (Å²) in [7, 11) is 0. The highest BCUT2D eigenvalue weighted by atomic mass is 16.5. The molecule has 1 aromatic carbocycles. The van der Waals surface area contributed by atoms with Crippen molar-refractivity contribution in [3.8, 4) is 17.0 Å². The first kappa shape index (κ1) is 13.6. The first-order chi connectivity index (χ1) is 10.1. The molecule has 110 valence electrons. The molecule has 6 nitrogen and oxygen atoms in total. The molecule has 6 heteroatoms. The van der Waals surface area contributed by atoms with Crippen LogP contribution in [0.4, 0.5) is 0 Å². The van der Waals surface area contributed by atoms with Crippen LogP contribution in [-0.4, -0.2) is 35.4 Å². The smallest absolute Gasteiger partial charge is 0.290 e. The normalized spacial score (nSPS) is 14.4. The van der Waals surface area contributed by atoms with Gasteiger partial charge in [0.25, 0.3) is 5.91 Å². The number of benzene rings is 1. The SMILES string of the molecule is CC(O)CNC(=O)c1cc(-c2ccc3c(c2)CCO3)no1. The number of fused-ring (bicyclic) bond motifs is 1. The molecule has 1 atom stereocenters. The molecule has 0 saturated heterocycles. The third kappa shape index (κ3) is 2.90. The number of ether oxygens (including phenoxy) is 1. The molecule has 0 radical (unpaired) electrons. The van der Waals surface area contributed by atoms with Gasteiger partial charge in [0, 0.05) is 24.6 Å². The number of aromatic nitrogens is 1. The lowest BCUT2D eigenvalue weighted by Gasteiger charge is -2.03. The summed E-state index contributed by atoms with van der Waals surface area (Å²) in [6.45, 7) is 2.47. The number of rotatable bonds is 4. The Morgan fingerprint density at radius 2 is 2.33 bits per heavy atom. The maximum atomic E-state index is 11.8. The largest absolute Gasteiger partial charge is 0.493 e. The number of amides is 1. The quantitative estimate of drug-likeness (QED) is 0.888. The molecule has 2 N–H and O–H groups in total. The van der Waals surface area contributed by atoms with Gasteiger partial charge in [-0.2, -0.15) is 0 Å². The summed E-state index contributed by atoms with van der Waals surface area (Å²) in [5.41, 5.74) is 2.63. The minimum absolute atomic E-state index is 0.127. The van der Waals surface area contributed by atoms with Crippen molar-refractivity contribution in [2.24, 2.45) is 0 Å². The molecule has 3 rings (SSSR count). The van der Waals surface area contributed by atoms with Crippen molar-refractivity contribution in [1.29, 1.82) is 0 Å². The molecule has 1 aliphatic rings. The Morgan fingerprint density at radius 3 is 3.14 bits per heavy atom. The average Bonchev–Trinajstić information content (AvgIpc) is 3.12. The van der Waals surface area contributed by atoms with E-state index < -0.39 is 6.10 Å². The lowest BCUT2D eigenvalue weighted by molar-refractivity contribution is 0.0887. The van der Waals surface area contributed by atoms with E-state index in [-0.39, 0.29) is 18.2 Å². The molecule has 1 aliphatic heterocycles. The van der Waals surface area contributed by atoms with E-state index in [1.807, 2.05) is 18.2 Å². The fraction of sp³-hybridized carbons (Fsp3) is 0.333. The molecular formula is C15H16N2O4. The zero-order valence-corrected chi connectivity index (χ0v) is 11.6. The van der Waals surface area contributed by atoms with Crippen molar-refractivity contribution in [3.05, 3.63) is 35.6 Å². The second kappa shape index (κ2) is 5.57. The maximum Gasteiger partial charge on any atom is 0.290 e. The van der Waals surface area contributed by atoms with Crippen molar-refractivity contribution in [1.82, 2.24) is 10.5 Å². The van der Waals surface area contributed by atoms with Gasteiger partial charge in [-0.05, 0) is 30.7 Å². The van der Waals surface area contributed by atoms with Crippen LogP contribution in [0.25, 0.3) is 11.3 Å². The van der Waals surface area contributed by atoms with E-state index in [0.717, 1.165) is 23.3 Å². The van der Waals surface area contributed by atoms with Crippen LogP contribution in [0, 0.1) is 0 Å². The Kier molecular flexibility index (Phi) is 3.62. The van der Waals surface area contributed by atoms with Crippen molar-refractivity contribution in [3.63, 3.8) is 0 Å². The van der Waals surface area contributed by atoms with Gasteiger partial charge in [0.05, 0.1) is 12.7 Å². The number of carbonyl (C=O) groups excluding carboxylic acids is 1. The highest BCUT2D eigenvalue weighted by Gasteiger charge is 2.17. The molecule has 21 heavy (non-hydrogen) atoms. The number of hydrogen-bond acceptors (Lipinski definition) is 5. The predicted molar refractivity (Wildman–Crippen MR) is 75.2 cm³/mol. The van der Waals surface area contributed by atoms with Crippen molar-refractivity contribution < 1.29 is 19.2 Å². The average molecular weight is 288 g/mol. The van der Waals surface area contributed by atoms with Crippen LogP contribution in [0.3, 0.4) is 0 Å². The van der Waals surface area contributed by atoms with Crippen LogP contribution in [0.15, 0.2) is 28.8 Å². The molecule has 0 fully saturated rings. The topological polar surface area (TPSA) is 84.6 Å². The van der Waals surface area contributed by atoms with Gasteiger partial charge in [-0.1, -0.05) is 5.16 Å². The lowest BCUT2D eigenvalue weighted by Crippen LogP contribution is -2.30. The summed E-state index contributed by atoms with van der Waals surface area (Å²) in [6.07, 6.45) is 0.274. The van der Waals surface area contributed by atoms with Gasteiger partial charge in [-0.3, -0.25) is 4.79 Å². The van der Waals surface area contributed by atoms with Crippen molar-refractivity contribution >= 4 is 5.91 Å². The van der Waals surface area contributed by atoms with Gasteiger partial charge in [-0.25, -0.2) is 0 Å². The van der Waals surface area contributed by atoms with Crippen molar-refractivity contribution in [2.45, 2.75) is 19.4 Å². The van der Waals surface area contributed by atoms with Crippen LogP contribution in [0.2, 0.25) is 0 Å². The first-order valence-corrected chi connectivity index (χ1v) is 6.82. The number of nitrogens with one attached hydrogen (secondary N) is 1. The Balaban J connectivity index is 1.77. The molecule has 2 aromatic rings. The standard InChI is InChI=1S/C15H16N2O4/c1-9(18)8-16-15(19)14-7-12(17-21-14)10-2-3-13-11(6-10)4-5-20-13/h2-3,6-7,9,18H,4-5,8H2,1H3,(H,16,19). The molecule has 1 amide bonds. The third-order valence-corrected chi connectivity index (χ3v) is 3.28. The van der Waals surface area contributed by atoms with Gasteiger partial charge in [0.1, 0.15) is 11.4 Å².